The lowest BCUT2D eigenvalue weighted by atomic mass is 10.2. The minimum absolute atomic E-state index is 0.232. The number of thioether (sulfide) groups is 1. The van der Waals surface area contributed by atoms with Crippen molar-refractivity contribution in [3.63, 3.8) is 0 Å². The van der Waals surface area contributed by atoms with Crippen LogP contribution in [0.2, 0.25) is 0 Å². The van der Waals surface area contributed by atoms with Crippen LogP contribution in [0, 0.1) is 5.82 Å². The second-order valence-corrected chi connectivity index (χ2v) is 9.23. The van der Waals surface area contributed by atoms with Gasteiger partial charge in [-0.1, -0.05) is 18.7 Å². The second-order valence-electron chi connectivity index (χ2n) is 5.89. The van der Waals surface area contributed by atoms with Gasteiger partial charge >= 0.3 is 5.97 Å². The summed E-state index contributed by atoms with van der Waals surface area (Å²) >= 11 is 1.69. The maximum Gasteiger partial charge on any atom is 0.338 e. The lowest BCUT2D eigenvalue weighted by molar-refractivity contribution is 0.0691. The summed E-state index contributed by atoms with van der Waals surface area (Å²) in [6.45, 7) is 4.46. The zero-order chi connectivity index (χ0) is 18.2. The number of nitrogens with zero attached hydrogens (tertiary/aromatic N) is 3. The number of carboxylic acids is 1. The van der Waals surface area contributed by atoms with E-state index in [1.165, 1.54) is 4.31 Å². The Kier molecular flexibility index (Phi) is 5.03. The van der Waals surface area contributed by atoms with Crippen LogP contribution in [0.3, 0.4) is 0 Å². The molecule has 25 heavy (non-hydrogen) atoms. The van der Waals surface area contributed by atoms with E-state index in [9.17, 15) is 17.6 Å². The average Bonchev–Trinajstić information content (AvgIpc) is 3.01. The molecule has 1 fully saturated rings. The van der Waals surface area contributed by atoms with Gasteiger partial charge in [0.15, 0.2) is 5.17 Å². The summed E-state index contributed by atoms with van der Waals surface area (Å²) in [7, 11) is -3.86. The summed E-state index contributed by atoms with van der Waals surface area (Å²) < 4.78 is 40.4. The topological polar surface area (TPSA) is 90.3 Å². The molecule has 1 aromatic rings. The van der Waals surface area contributed by atoms with Gasteiger partial charge < -0.3 is 10.0 Å². The highest BCUT2D eigenvalue weighted by molar-refractivity contribution is 8.14. The van der Waals surface area contributed by atoms with Crippen LogP contribution in [0.25, 0.3) is 0 Å². The average molecular weight is 387 g/mol. The predicted molar refractivity (Wildman–Crippen MR) is 93.0 cm³/mol. The zero-order valence-corrected chi connectivity index (χ0v) is 15.2. The molecule has 2 aliphatic heterocycles. The third kappa shape index (κ3) is 3.65. The van der Waals surface area contributed by atoms with E-state index >= 15 is 0 Å². The van der Waals surface area contributed by atoms with E-state index in [-0.39, 0.29) is 18.0 Å². The Labute approximate surface area is 149 Å². The highest BCUT2D eigenvalue weighted by Gasteiger charge is 2.31. The fourth-order valence-electron chi connectivity index (χ4n) is 2.73. The number of piperazine rings is 1. The van der Waals surface area contributed by atoms with Crippen molar-refractivity contribution in [3.05, 3.63) is 29.6 Å². The van der Waals surface area contributed by atoms with Crippen molar-refractivity contribution in [2.75, 3.05) is 32.7 Å². The van der Waals surface area contributed by atoms with E-state index in [1.54, 1.807) is 11.8 Å². The van der Waals surface area contributed by atoms with Crippen LogP contribution in [0.5, 0.6) is 0 Å². The van der Waals surface area contributed by atoms with Gasteiger partial charge in [0.25, 0.3) is 0 Å². The number of halogens is 1. The first-order valence-corrected chi connectivity index (χ1v) is 10.1. The SMILES string of the molecule is CC1CN=C(N2CCN(S(=O)(=O)c3ccc(C(=O)O)c(F)c3)CC2)S1. The molecule has 7 nitrogen and oxygen atoms in total. The molecular formula is C15H18FN3O4S2. The maximum absolute atomic E-state index is 13.8. The summed E-state index contributed by atoms with van der Waals surface area (Å²) in [4.78, 5) is 17.1. The van der Waals surface area contributed by atoms with Crippen LogP contribution in [0.4, 0.5) is 4.39 Å². The van der Waals surface area contributed by atoms with Gasteiger partial charge in [-0.25, -0.2) is 17.6 Å². The Morgan fingerprint density at radius 2 is 2.00 bits per heavy atom. The van der Waals surface area contributed by atoms with Crippen LogP contribution in [-0.4, -0.2) is 71.8 Å². The van der Waals surface area contributed by atoms with Gasteiger partial charge in [0.2, 0.25) is 10.0 Å². The first-order valence-electron chi connectivity index (χ1n) is 7.78. The van der Waals surface area contributed by atoms with Crippen LogP contribution in [0.15, 0.2) is 28.1 Å². The van der Waals surface area contributed by atoms with Crippen molar-refractivity contribution in [3.8, 4) is 0 Å². The van der Waals surface area contributed by atoms with Crippen LogP contribution in [0.1, 0.15) is 17.3 Å². The largest absolute Gasteiger partial charge is 0.478 e. The van der Waals surface area contributed by atoms with E-state index in [0.717, 1.165) is 29.9 Å². The number of benzene rings is 1. The van der Waals surface area contributed by atoms with Crippen LogP contribution >= 0.6 is 11.8 Å². The van der Waals surface area contributed by atoms with Crippen molar-refractivity contribution in [2.45, 2.75) is 17.1 Å². The Morgan fingerprint density at radius 3 is 2.52 bits per heavy atom. The number of sulfonamides is 1. The molecule has 0 amide bonds. The number of rotatable bonds is 3. The summed E-state index contributed by atoms with van der Waals surface area (Å²) in [5, 5.41) is 10.2. The number of carboxylic acid groups (broad SMARTS) is 1. The fraction of sp³-hybridized carbons (Fsp3) is 0.467. The Balaban J connectivity index is 1.72. The number of amidine groups is 1. The van der Waals surface area contributed by atoms with Crippen molar-refractivity contribution < 1.29 is 22.7 Å². The van der Waals surface area contributed by atoms with E-state index in [1.807, 2.05) is 0 Å². The number of aliphatic imine (C=N–C) groups is 1. The van der Waals surface area contributed by atoms with Gasteiger partial charge in [-0.05, 0) is 18.2 Å². The van der Waals surface area contributed by atoms with Crippen molar-refractivity contribution >= 4 is 32.9 Å². The molecule has 0 aromatic heterocycles. The Hall–Kier alpha value is -1.65. The third-order valence-electron chi connectivity index (χ3n) is 4.11. The molecular weight excluding hydrogens is 369 g/mol. The smallest absolute Gasteiger partial charge is 0.338 e. The molecule has 1 unspecified atom stereocenters. The quantitative estimate of drug-likeness (QED) is 0.841. The van der Waals surface area contributed by atoms with Gasteiger partial charge in [-0.15, -0.1) is 0 Å². The van der Waals surface area contributed by atoms with Crippen molar-refractivity contribution in [2.24, 2.45) is 4.99 Å². The number of aromatic carboxylic acids is 1. The van der Waals surface area contributed by atoms with Gasteiger partial charge in [-0.2, -0.15) is 4.31 Å². The van der Waals surface area contributed by atoms with Crippen LogP contribution in [-0.2, 0) is 10.0 Å². The summed E-state index contributed by atoms with van der Waals surface area (Å²) in [6, 6.07) is 2.88. The highest BCUT2D eigenvalue weighted by atomic mass is 32.2. The summed E-state index contributed by atoms with van der Waals surface area (Å²) in [6.07, 6.45) is 0. The number of carbonyl (C=O) groups is 1. The zero-order valence-electron chi connectivity index (χ0n) is 13.6. The minimum Gasteiger partial charge on any atom is -0.478 e. The monoisotopic (exact) mass is 387 g/mol. The van der Waals surface area contributed by atoms with E-state index in [0.29, 0.717) is 18.3 Å². The predicted octanol–water partition coefficient (Wildman–Crippen LogP) is 1.32. The molecule has 2 heterocycles. The first kappa shape index (κ1) is 18.2. The second kappa shape index (κ2) is 6.93. The van der Waals surface area contributed by atoms with Crippen molar-refractivity contribution in [1.82, 2.24) is 9.21 Å². The fourth-order valence-corrected chi connectivity index (χ4v) is 5.16. The number of hydrogen-bond acceptors (Lipinski definition) is 6. The van der Waals surface area contributed by atoms with Crippen LogP contribution < -0.4 is 0 Å². The maximum atomic E-state index is 13.8. The number of hydrogen-bond donors (Lipinski definition) is 1. The molecule has 0 radical (unpaired) electrons. The normalized spacial score (nSPS) is 22.1. The van der Waals surface area contributed by atoms with E-state index in [4.69, 9.17) is 5.11 Å². The molecule has 1 N–H and O–H groups in total. The Morgan fingerprint density at radius 1 is 1.32 bits per heavy atom. The highest BCUT2D eigenvalue weighted by Crippen LogP contribution is 2.25. The molecule has 3 rings (SSSR count). The lowest BCUT2D eigenvalue weighted by Gasteiger charge is -2.34. The Bertz CT molecular complexity index is 820. The van der Waals surface area contributed by atoms with Gasteiger partial charge in [-0.3, -0.25) is 4.99 Å². The molecule has 0 saturated carbocycles. The van der Waals surface area contributed by atoms with Gasteiger partial charge in [0.1, 0.15) is 5.82 Å². The van der Waals surface area contributed by atoms with E-state index < -0.39 is 27.4 Å². The molecule has 1 aromatic carbocycles. The van der Waals surface area contributed by atoms with Gasteiger partial charge in [0, 0.05) is 31.4 Å². The molecule has 0 aliphatic carbocycles. The lowest BCUT2D eigenvalue weighted by Crippen LogP contribution is -2.49. The molecule has 0 spiro atoms. The summed E-state index contributed by atoms with van der Waals surface area (Å²) in [5.41, 5.74) is -0.547. The molecule has 2 aliphatic rings. The first-order chi connectivity index (χ1) is 11.8. The molecule has 10 heteroatoms. The van der Waals surface area contributed by atoms with Gasteiger partial charge in [0.05, 0.1) is 17.0 Å². The minimum atomic E-state index is -3.86. The molecule has 136 valence electrons. The summed E-state index contributed by atoms with van der Waals surface area (Å²) in [5.74, 6) is -2.49. The van der Waals surface area contributed by atoms with E-state index in [2.05, 4.69) is 16.8 Å². The standard InChI is InChI=1S/C15H18FN3O4S2/c1-10-9-17-15(24-10)18-4-6-19(7-5-18)25(22,23)11-2-3-12(14(20)21)13(16)8-11/h2-3,8,10H,4-7,9H2,1H3,(H,20,21). The molecule has 1 atom stereocenters. The third-order valence-corrected chi connectivity index (χ3v) is 7.15. The van der Waals surface area contributed by atoms with Crippen molar-refractivity contribution in [1.29, 1.82) is 0 Å². The molecule has 0 bridgehead atoms. The molecule has 1 saturated heterocycles.